The molecule has 4 heteroatoms. The van der Waals surface area contributed by atoms with Crippen molar-refractivity contribution in [3.63, 3.8) is 0 Å². The highest BCUT2D eigenvalue weighted by Gasteiger charge is 2.11. The highest BCUT2D eigenvalue weighted by atomic mass is 19.1. The Morgan fingerprint density at radius 1 is 1.16 bits per heavy atom. The van der Waals surface area contributed by atoms with E-state index in [1.165, 1.54) is 12.1 Å². The molecule has 0 aliphatic carbocycles. The summed E-state index contributed by atoms with van der Waals surface area (Å²) in [5, 5.41) is 3.23. The van der Waals surface area contributed by atoms with Gasteiger partial charge in [-0.2, -0.15) is 0 Å². The van der Waals surface area contributed by atoms with Crippen molar-refractivity contribution in [1.29, 1.82) is 0 Å². The Hall–Kier alpha value is -1.97. The predicted octanol–water partition coefficient (Wildman–Crippen LogP) is 3.64. The molecule has 0 radical (unpaired) electrons. The Morgan fingerprint density at radius 2 is 1.89 bits per heavy atom. The van der Waals surface area contributed by atoms with Crippen molar-refractivity contribution in [2.24, 2.45) is 0 Å². The average Bonchev–Trinajstić information content (AvgIpc) is 2.35. The van der Waals surface area contributed by atoms with Crippen molar-refractivity contribution < 1.29 is 4.39 Å². The zero-order valence-corrected chi connectivity index (χ0v) is 11.7. The molecule has 2 rings (SSSR count). The Morgan fingerprint density at radius 3 is 2.53 bits per heavy atom. The quantitative estimate of drug-likeness (QED) is 0.914. The van der Waals surface area contributed by atoms with Crippen LogP contribution in [0.4, 0.5) is 10.2 Å². The zero-order valence-electron chi connectivity index (χ0n) is 11.7. The van der Waals surface area contributed by atoms with Crippen LogP contribution in [0.1, 0.15) is 23.7 Å². The van der Waals surface area contributed by atoms with Crippen LogP contribution in [-0.2, 0) is 0 Å². The maximum Gasteiger partial charge on any atom is 0.162 e. The van der Waals surface area contributed by atoms with Gasteiger partial charge in [-0.05, 0) is 51.5 Å². The van der Waals surface area contributed by atoms with Crippen LogP contribution in [0, 0.1) is 26.6 Å². The predicted molar refractivity (Wildman–Crippen MR) is 75.8 cm³/mol. The van der Waals surface area contributed by atoms with E-state index in [2.05, 4.69) is 15.3 Å². The fourth-order valence-corrected chi connectivity index (χ4v) is 1.97. The molecule has 0 saturated carbocycles. The molecule has 0 atom stereocenters. The minimum atomic E-state index is -0.239. The summed E-state index contributed by atoms with van der Waals surface area (Å²) in [6.45, 7) is 8.65. The number of anilines is 1. The maximum absolute atomic E-state index is 13.2. The summed E-state index contributed by atoms with van der Waals surface area (Å²) in [7, 11) is 0. The molecule has 3 nitrogen and oxygen atoms in total. The van der Waals surface area contributed by atoms with Crippen molar-refractivity contribution in [3.05, 3.63) is 40.8 Å². The van der Waals surface area contributed by atoms with Gasteiger partial charge in [-0.3, -0.25) is 0 Å². The van der Waals surface area contributed by atoms with Gasteiger partial charge in [-0.25, -0.2) is 14.4 Å². The molecule has 100 valence electrons. The molecule has 0 fully saturated rings. The molecule has 0 aliphatic rings. The third-order valence-electron chi connectivity index (χ3n) is 3.16. The van der Waals surface area contributed by atoms with E-state index >= 15 is 0 Å². The van der Waals surface area contributed by atoms with Crippen molar-refractivity contribution >= 4 is 5.82 Å². The van der Waals surface area contributed by atoms with Gasteiger partial charge in [0.2, 0.25) is 0 Å². The molecule has 0 unspecified atom stereocenters. The van der Waals surface area contributed by atoms with E-state index in [1.54, 1.807) is 6.07 Å². The summed E-state index contributed by atoms with van der Waals surface area (Å²) >= 11 is 0. The van der Waals surface area contributed by atoms with Gasteiger partial charge >= 0.3 is 0 Å². The molecule has 1 aromatic heterocycles. The second kappa shape index (κ2) is 5.34. The summed E-state index contributed by atoms with van der Waals surface area (Å²) in [5.41, 5.74) is 3.68. The number of hydrogen-bond donors (Lipinski definition) is 1. The lowest BCUT2D eigenvalue weighted by atomic mass is 10.1. The number of rotatable bonds is 3. The second-order valence-corrected chi connectivity index (χ2v) is 4.60. The molecule has 19 heavy (non-hydrogen) atoms. The van der Waals surface area contributed by atoms with Crippen LogP contribution in [0.3, 0.4) is 0 Å². The molecule has 1 N–H and O–H groups in total. The summed E-state index contributed by atoms with van der Waals surface area (Å²) in [4.78, 5) is 9.04. The minimum Gasteiger partial charge on any atom is -0.370 e. The molecule has 1 aromatic carbocycles. The molecule has 0 amide bonds. The Bertz CT molecular complexity index is 609. The first-order chi connectivity index (χ1) is 9.02. The summed E-state index contributed by atoms with van der Waals surface area (Å²) < 4.78 is 13.2. The van der Waals surface area contributed by atoms with Gasteiger partial charge in [0.15, 0.2) is 5.82 Å². The van der Waals surface area contributed by atoms with Crippen molar-refractivity contribution in [2.75, 3.05) is 11.9 Å². The Labute approximate surface area is 112 Å². The van der Waals surface area contributed by atoms with E-state index in [9.17, 15) is 4.39 Å². The van der Waals surface area contributed by atoms with Gasteiger partial charge < -0.3 is 5.32 Å². The molecule has 2 aromatic rings. The van der Waals surface area contributed by atoms with E-state index in [4.69, 9.17) is 0 Å². The first kappa shape index (κ1) is 13.5. The SMILES string of the molecule is CCNc1nc(-c2ccc(F)cc2C)nc(C)c1C. The van der Waals surface area contributed by atoms with Crippen molar-refractivity contribution in [1.82, 2.24) is 9.97 Å². The Balaban J connectivity index is 2.56. The first-order valence-electron chi connectivity index (χ1n) is 6.38. The van der Waals surface area contributed by atoms with Gasteiger partial charge in [-0.15, -0.1) is 0 Å². The Kier molecular flexibility index (Phi) is 3.79. The molecule has 0 aliphatic heterocycles. The maximum atomic E-state index is 13.2. The number of halogens is 1. The average molecular weight is 259 g/mol. The molecular weight excluding hydrogens is 241 g/mol. The standard InChI is InChI=1S/C15H18FN3/c1-5-17-14-10(3)11(4)18-15(19-14)13-7-6-12(16)8-9(13)2/h6-8H,5H2,1-4H3,(H,17,18,19). The van der Waals surface area contributed by atoms with Gasteiger partial charge in [0.1, 0.15) is 11.6 Å². The van der Waals surface area contributed by atoms with Gasteiger partial charge in [0.25, 0.3) is 0 Å². The van der Waals surface area contributed by atoms with E-state index in [0.29, 0.717) is 5.82 Å². The van der Waals surface area contributed by atoms with Crippen LogP contribution in [0.5, 0.6) is 0 Å². The van der Waals surface area contributed by atoms with Crippen LogP contribution in [0.25, 0.3) is 11.4 Å². The number of hydrogen-bond acceptors (Lipinski definition) is 3. The zero-order chi connectivity index (χ0) is 14.0. The third-order valence-corrected chi connectivity index (χ3v) is 3.16. The number of benzene rings is 1. The van der Waals surface area contributed by atoms with E-state index in [0.717, 1.165) is 34.7 Å². The minimum absolute atomic E-state index is 0.239. The number of nitrogens with one attached hydrogen (secondary N) is 1. The molecule has 0 saturated heterocycles. The monoisotopic (exact) mass is 259 g/mol. The van der Waals surface area contributed by atoms with Gasteiger partial charge in [-0.1, -0.05) is 0 Å². The topological polar surface area (TPSA) is 37.8 Å². The van der Waals surface area contributed by atoms with Crippen LogP contribution in [0.15, 0.2) is 18.2 Å². The van der Waals surface area contributed by atoms with E-state index in [1.807, 2.05) is 27.7 Å². The molecular formula is C15H18FN3. The number of nitrogens with zero attached hydrogens (tertiary/aromatic N) is 2. The smallest absolute Gasteiger partial charge is 0.162 e. The van der Waals surface area contributed by atoms with E-state index in [-0.39, 0.29) is 5.82 Å². The van der Waals surface area contributed by atoms with Gasteiger partial charge in [0.05, 0.1) is 0 Å². The highest BCUT2D eigenvalue weighted by molar-refractivity contribution is 5.63. The highest BCUT2D eigenvalue weighted by Crippen LogP contribution is 2.24. The largest absolute Gasteiger partial charge is 0.370 e. The molecule has 1 heterocycles. The second-order valence-electron chi connectivity index (χ2n) is 4.60. The van der Waals surface area contributed by atoms with Crippen LogP contribution >= 0.6 is 0 Å². The van der Waals surface area contributed by atoms with Crippen LogP contribution in [0.2, 0.25) is 0 Å². The fourth-order valence-electron chi connectivity index (χ4n) is 1.97. The lowest BCUT2D eigenvalue weighted by molar-refractivity contribution is 0.627. The first-order valence-corrected chi connectivity index (χ1v) is 6.38. The van der Waals surface area contributed by atoms with Crippen molar-refractivity contribution in [2.45, 2.75) is 27.7 Å². The van der Waals surface area contributed by atoms with Crippen molar-refractivity contribution in [3.8, 4) is 11.4 Å². The van der Waals surface area contributed by atoms with Gasteiger partial charge in [0, 0.05) is 23.4 Å². The summed E-state index contributed by atoms with van der Waals surface area (Å²) in [5.74, 6) is 1.24. The lowest BCUT2D eigenvalue weighted by Gasteiger charge is -2.12. The molecule has 0 bridgehead atoms. The van der Waals surface area contributed by atoms with E-state index < -0.39 is 0 Å². The number of aromatic nitrogens is 2. The van der Waals surface area contributed by atoms with Crippen LogP contribution in [-0.4, -0.2) is 16.5 Å². The normalized spacial score (nSPS) is 10.6. The summed E-state index contributed by atoms with van der Waals surface area (Å²) in [6, 6.07) is 4.67. The fraction of sp³-hybridized carbons (Fsp3) is 0.333. The third kappa shape index (κ3) is 2.72. The summed E-state index contributed by atoms with van der Waals surface area (Å²) in [6.07, 6.45) is 0. The van der Waals surface area contributed by atoms with Crippen LogP contribution < -0.4 is 5.32 Å². The lowest BCUT2D eigenvalue weighted by Crippen LogP contribution is -2.06. The number of aryl methyl sites for hydroxylation is 2. The molecule has 0 spiro atoms.